The van der Waals surface area contributed by atoms with Gasteiger partial charge in [0.15, 0.2) is 6.61 Å². The minimum Gasteiger partial charge on any atom is -0.452 e. The predicted molar refractivity (Wildman–Crippen MR) is 112 cm³/mol. The number of hydrogen-bond donors (Lipinski definition) is 1. The van der Waals surface area contributed by atoms with Crippen LogP contribution in [0.25, 0.3) is 0 Å². The first-order valence-corrected chi connectivity index (χ1v) is 9.83. The van der Waals surface area contributed by atoms with Crippen molar-refractivity contribution in [2.75, 3.05) is 29.9 Å². The van der Waals surface area contributed by atoms with Crippen molar-refractivity contribution in [1.29, 1.82) is 0 Å². The molecule has 1 aliphatic heterocycles. The summed E-state index contributed by atoms with van der Waals surface area (Å²) in [6, 6.07) is 5.44. The Morgan fingerprint density at radius 3 is 2.29 bits per heavy atom. The van der Waals surface area contributed by atoms with Crippen molar-refractivity contribution in [2.45, 2.75) is 19.0 Å². The van der Waals surface area contributed by atoms with Gasteiger partial charge in [0, 0.05) is 31.3 Å². The predicted octanol–water partition coefficient (Wildman–Crippen LogP) is 3.92. The summed E-state index contributed by atoms with van der Waals surface area (Å²) in [5.74, 6) is -2.23. The normalized spacial score (nSPS) is 13.4. The average molecular weight is 482 g/mol. The van der Waals surface area contributed by atoms with Crippen molar-refractivity contribution in [3.63, 3.8) is 0 Å². The van der Waals surface area contributed by atoms with E-state index in [2.05, 4.69) is 0 Å². The van der Waals surface area contributed by atoms with Crippen LogP contribution in [0.4, 0.5) is 35.9 Å². The van der Waals surface area contributed by atoms with Gasteiger partial charge >= 0.3 is 12.1 Å². The molecule has 0 spiro atoms. The molecule has 1 amide bonds. The topological polar surface area (TPSA) is 145 Å². The summed E-state index contributed by atoms with van der Waals surface area (Å²) < 4.78 is 44.4. The van der Waals surface area contributed by atoms with E-state index < -0.39 is 51.4 Å². The third-order valence-electron chi connectivity index (χ3n) is 4.98. The SMILES string of the molecule is O=C(COC(=O)c1ccc(N2CCCC2)c([N+](=O)[O-])c1)Nc1ccc([N+](=O)[O-])cc1C(F)(F)F. The number of nitrogens with one attached hydrogen (secondary N) is 1. The molecule has 0 aromatic heterocycles. The quantitative estimate of drug-likeness (QED) is 0.355. The Morgan fingerprint density at radius 2 is 1.71 bits per heavy atom. The fourth-order valence-electron chi connectivity index (χ4n) is 3.41. The number of nitrogens with zero attached hydrogens (tertiary/aromatic N) is 3. The third kappa shape index (κ3) is 5.57. The van der Waals surface area contributed by atoms with Crippen molar-refractivity contribution >= 4 is 34.6 Å². The summed E-state index contributed by atoms with van der Waals surface area (Å²) in [6.45, 7) is 0.273. The van der Waals surface area contributed by atoms with Crippen LogP contribution < -0.4 is 10.2 Å². The largest absolute Gasteiger partial charge is 0.452 e. The number of esters is 1. The molecular formula is C20H17F3N4O7. The van der Waals surface area contributed by atoms with E-state index in [9.17, 15) is 43.0 Å². The number of hydrogen-bond acceptors (Lipinski definition) is 8. The van der Waals surface area contributed by atoms with Gasteiger partial charge in [-0.25, -0.2) is 4.79 Å². The Morgan fingerprint density at radius 1 is 1.03 bits per heavy atom. The molecule has 0 bridgehead atoms. The zero-order valence-electron chi connectivity index (χ0n) is 17.3. The fraction of sp³-hybridized carbons (Fsp3) is 0.300. The number of halogens is 3. The molecule has 0 aliphatic carbocycles. The lowest BCUT2D eigenvalue weighted by atomic mass is 10.1. The molecule has 0 atom stereocenters. The average Bonchev–Trinajstić information content (AvgIpc) is 3.31. The first kappa shape index (κ1) is 24.4. The highest BCUT2D eigenvalue weighted by Gasteiger charge is 2.35. The second-order valence-corrected chi connectivity index (χ2v) is 7.26. The molecule has 1 aliphatic rings. The molecule has 1 fully saturated rings. The van der Waals surface area contributed by atoms with Gasteiger partial charge in [-0.1, -0.05) is 0 Å². The zero-order valence-corrected chi connectivity index (χ0v) is 17.3. The number of amides is 1. The van der Waals surface area contributed by atoms with Gasteiger partial charge in [0.05, 0.1) is 26.7 Å². The van der Waals surface area contributed by atoms with Crippen LogP contribution in [0.5, 0.6) is 0 Å². The van der Waals surface area contributed by atoms with E-state index in [1.165, 1.54) is 12.1 Å². The van der Waals surface area contributed by atoms with Gasteiger partial charge in [0.1, 0.15) is 5.69 Å². The number of benzene rings is 2. The van der Waals surface area contributed by atoms with E-state index in [4.69, 9.17) is 4.74 Å². The molecule has 34 heavy (non-hydrogen) atoms. The van der Waals surface area contributed by atoms with E-state index in [0.29, 0.717) is 24.8 Å². The Bertz CT molecular complexity index is 1150. The standard InChI is InChI=1S/C20H17F3N4O7/c21-20(22,23)14-10-13(26(30)31)4-5-15(14)24-18(28)11-34-19(29)12-3-6-16(17(9-12)27(32)33)25-7-1-2-8-25/h3-6,9-10H,1-2,7-8,11H2,(H,24,28). The Kier molecular flexibility index (Phi) is 6.98. The van der Waals surface area contributed by atoms with Gasteiger partial charge in [-0.3, -0.25) is 25.0 Å². The van der Waals surface area contributed by atoms with Crippen molar-refractivity contribution in [3.8, 4) is 0 Å². The van der Waals surface area contributed by atoms with Crippen molar-refractivity contribution in [2.24, 2.45) is 0 Å². The zero-order chi connectivity index (χ0) is 25.0. The molecule has 1 heterocycles. The summed E-state index contributed by atoms with van der Waals surface area (Å²) in [4.78, 5) is 46.6. The van der Waals surface area contributed by atoms with E-state index in [-0.39, 0.29) is 17.3 Å². The van der Waals surface area contributed by atoms with Gasteiger partial charge in [-0.15, -0.1) is 0 Å². The highest BCUT2D eigenvalue weighted by atomic mass is 19.4. The fourth-order valence-corrected chi connectivity index (χ4v) is 3.41. The monoisotopic (exact) mass is 482 g/mol. The number of nitro groups is 2. The smallest absolute Gasteiger partial charge is 0.418 e. The second-order valence-electron chi connectivity index (χ2n) is 7.26. The highest BCUT2D eigenvalue weighted by Crippen LogP contribution is 2.37. The van der Waals surface area contributed by atoms with E-state index in [1.807, 2.05) is 10.2 Å². The van der Waals surface area contributed by atoms with E-state index >= 15 is 0 Å². The van der Waals surface area contributed by atoms with Gasteiger partial charge in [-0.05, 0) is 31.0 Å². The van der Waals surface area contributed by atoms with E-state index in [1.54, 1.807) is 0 Å². The van der Waals surface area contributed by atoms with Crippen LogP contribution in [0.3, 0.4) is 0 Å². The van der Waals surface area contributed by atoms with Gasteiger partial charge in [0.2, 0.25) is 0 Å². The molecule has 2 aromatic carbocycles. The number of alkyl halides is 3. The Balaban J connectivity index is 1.70. The molecule has 0 saturated carbocycles. The molecule has 3 rings (SSSR count). The lowest BCUT2D eigenvalue weighted by Crippen LogP contribution is -2.23. The van der Waals surface area contributed by atoms with Crippen molar-refractivity contribution < 1.29 is 37.3 Å². The molecule has 1 N–H and O–H groups in total. The summed E-state index contributed by atoms with van der Waals surface area (Å²) in [6.07, 6.45) is -3.25. The number of non-ortho nitro benzene ring substituents is 1. The van der Waals surface area contributed by atoms with Crippen molar-refractivity contribution in [3.05, 3.63) is 67.8 Å². The van der Waals surface area contributed by atoms with Crippen LogP contribution in [0, 0.1) is 20.2 Å². The number of nitro benzene ring substituents is 2. The van der Waals surface area contributed by atoms with Crippen LogP contribution >= 0.6 is 0 Å². The molecule has 180 valence electrons. The molecule has 2 aromatic rings. The van der Waals surface area contributed by atoms with Crippen LogP contribution in [0.15, 0.2) is 36.4 Å². The maximum absolute atomic E-state index is 13.2. The van der Waals surface area contributed by atoms with Crippen LogP contribution in [0.1, 0.15) is 28.8 Å². The van der Waals surface area contributed by atoms with Gasteiger partial charge in [-0.2, -0.15) is 13.2 Å². The number of anilines is 2. The lowest BCUT2D eigenvalue weighted by Gasteiger charge is -2.17. The maximum atomic E-state index is 13.2. The van der Waals surface area contributed by atoms with Crippen LogP contribution in [-0.2, 0) is 15.7 Å². The number of ether oxygens (including phenoxy) is 1. The molecule has 14 heteroatoms. The first-order chi connectivity index (χ1) is 16.0. The van der Waals surface area contributed by atoms with Crippen molar-refractivity contribution in [1.82, 2.24) is 0 Å². The van der Waals surface area contributed by atoms with Crippen LogP contribution in [-0.4, -0.2) is 41.4 Å². The molecule has 0 radical (unpaired) electrons. The minimum absolute atomic E-state index is 0.214. The summed E-state index contributed by atoms with van der Waals surface area (Å²) >= 11 is 0. The highest BCUT2D eigenvalue weighted by molar-refractivity contribution is 5.96. The molecule has 1 saturated heterocycles. The Hall–Kier alpha value is -4.23. The molecule has 0 unspecified atom stereocenters. The number of rotatable bonds is 7. The molecular weight excluding hydrogens is 465 g/mol. The summed E-state index contributed by atoms with van der Waals surface area (Å²) in [7, 11) is 0. The minimum atomic E-state index is -5.00. The summed E-state index contributed by atoms with van der Waals surface area (Å²) in [5, 5.41) is 24.1. The Labute approximate surface area is 189 Å². The lowest BCUT2D eigenvalue weighted by molar-refractivity contribution is -0.385. The summed E-state index contributed by atoms with van der Waals surface area (Å²) in [5.41, 5.74) is -3.22. The maximum Gasteiger partial charge on any atom is 0.418 e. The van der Waals surface area contributed by atoms with Gasteiger partial charge < -0.3 is 15.0 Å². The van der Waals surface area contributed by atoms with Gasteiger partial charge in [0.25, 0.3) is 17.3 Å². The number of carbonyl (C=O) groups excluding carboxylic acids is 2. The van der Waals surface area contributed by atoms with Crippen LogP contribution in [0.2, 0.25) is 0 Å². The third-order valence-corrected chi connectivity index (χ3v) is 4.98. The molecule has 11 nitrogen and oxygen atoms in total. The number of carbonyl (C=O) groups is 2. The first-order valence-electron chi connectivity index (χ1n) is 9.83. The second kappa shape index (κ2) is 9.72. The van der Waals surface area contributed by atoms with E-state index in [0.717, 1.165) is 25.0 Å².